The summed E-state index contributed by atoms with van der Waals surface area (Å²) in [5.74, 6) is 0.717. The second kappa shape index (κ2) is 10.2. The van der Waals surface area contributed by atoms with E-state index < -0.39 is 4.77 Å². The molecule has 0 unspecified atom stereocenters. The number of nitrogen functional groups attached to an aromatic ring is 1. The van der Waals surface area contributed by atoms with Crippen molar-refractivity contribution in [3.8, 4) is 5.75 Å². The first kappa shape index (κ1) is 16.1. The molecule has 0 radical (unpaired) electrons. The van der Waals surface area contributed by atoms with E-state index in [2.05, 4.69) is 54.2 Å². The highest BCUT2D eigenvalue weighted by Gasteiger charge is 1.96. The maximum absolute atomic E-state index is 5.46. The first-order valence-corrected chi connectivity index (χ1v) is 6.07. The van der Waals surface area contributed by atoms with Crippen LogP contribution in [0.25, 0.3) is 0 Å². The number of thiocarbonyl (C=S) groups is 1. The zero-order valence-corrected chi connectivity index (χ0v) is 11.7. The molecule has 0 aliphatic rings. The number of isothiocyanates is 1. The van der Waals surface area contributed by atoms with Crippen LogP contribution in [0.15, 0.2) is 41.9 Å². The minimum Gasteiger partial charge on any atom is -0.470 e. The molecule has 0 heterocycles. The Morgan fingerprint density at radius 3 is 2.41 bits per heavy atom. The Balaban J connectivity index is 0.000000366. The van der Waals surface area contributed by atoms with Crippen molar-refractivity contribution in [2.24, 2.45) is 4.99 Å². The number of thiol groups is 2. The number of hydrogen-bond acceptors (Lipinski definition) is 6. The molecule has 0 spiro atoms. The topological polar surface area (TPSA) is 47.6 Å². The van der Waals surface area contributed by atoms with Gasteiger partial charge in [0.2, 0.25) is 0 Å². The van der Waals surface area contributed by atoms with Gasteiger partial charge in [0.15, 0.2) is 4.77 Å². The Kier molecular flexibility index (Phi) is 9.66. The molecule has 17 heavy (non-hydrogen) atoms. The van der Waals surface area contributed by atoms with E-state index in [1.165, 1.54) is 0 Å². The van der Waals surface area contributed by atoms with Crippen molar-refractivity contribution in [2.75, 3.05) is 12.3 Å². The smallest absolute Gasteiger partial charge is 0.185 e. The van der Waals surface area contributed by atoms with Crippen LogP contribution in [0, 0.1) is 0 Å². The minimum atomic E-state index is -0.390. The molecule has 6 heteroatoms. The molecule has 2 N–H and O–H groups in total. The van der Waals surface area contributed by atoms with E-state index in [1.807, 2.05) is 0 Å². The fraction of sp³-hybridized carbons (Fsp3) is 0.182. The number of aliphatic imine (C=N–C) groups is 1. The Morgan fingerprint density at radius 1 is 1.47 bits per heavy atom. The van der Waals surface area contributed by atoms with E-state index in [0.29, 0.717) is 18.0 Å². The van der Waals surface area contributed by atoms with Gasteiger partial charge >= 0.3 is 0 Å². The maximum atomic E-state index is 5.46. The van der Waals surface area contributed by atoms with Crippen LogP contribution in [0.4, 0.5) is 5.69 Å². The standard InChI is InChI=1S/C7H9NOS2.C4H5NS/c8-5-1-3-6(4-2-5)9-7(10)11;1-2-3-5-4-6/h1-4,7,10-11H,8H2;2H,1,3H2. The van der Waals surface area contributed by atoms with Gasteiger partial charge in [0.25, 0.3) is 0 Å². The van der Waals surface area contributed by atoms with Gasteiger partial charge in [-0.3, -0.25) is 0 Å². The van der Waals surface area contributed by atoms with Gasteiger partial charge in [0.05, 0.1) is 11.7 Å². The van der Waals surface area contributed by atoms with Crippen LogP contribution in [0.2, 0.25) is 0 Å². The molecule has 0 aliphatic heterocycles. The van der Waals surface area contributed by atoms with Gasteiger partial charge in [-0.15, -0.1) is 31.8 Å². The molecule has 0 aromatic heterocycles. The predicted octanol–water partition coefficient (Wildman–Crippen LogP) is 3.07. The Morgan fingerprint density at radius 2 is 2.06 bits per heavy atom. The minimum absolute atomic E-state index is 0.390. The first-order valence-electron chi connectivity index (χ1n) is 4.63. The predicted molar refractivity (Wildman–Crippen MR) is 83.3 cm³/mol. The van der Waals surface area contributed by atoms with Crippen LogP contribution < -0.4 is 10.5 Å². The highest BCUT2D eigenvalue weighted by atomic mass is 32.2. The highest BCUT2D eigenvalue weighted by Crippen LogP contribution is 2.16. The lowest BCUT2D eigenvalue weighted by Gasteiger charge is -2.07. The van der Waals surface area contributed by atoms with E-state index in [1.54, 1.807) is 30.3 Å². The van der Waals surface area contributed by atoms with Gasteiger partial charge in [-0.05, 0) is 36.5 Å². The largest absolute Gasteiger partial charge is 0.470 e. The third-order valence-corrected chi connectivity index (χ3v) is 1.75. The Labute approximate surface area is 118 Å². The maximum Gasteiger partial charge on any atom is 0.185 e. The van der Waals surface area contributed by atoms with Crippen LogP contribution in [0.1, 0.15) is 0 Å². The number of anilines is 1. The van der Waals surface area contributed by atoms with Gasteiger partial charge < -0.3 is 10.5 Å². The molecule has 1 aromatic carbocycles. The summed E-state index contributed by atoms with van der Waals surface area (Å²) < 4.78 is 4.75. The van der Waals surface area contributed by atoms with Crippen LogP contribution in [-0.4, -0.2) is 16.5 Å². The summed E-state index contributed by atoms with van der Waals surface area (Å²) in [5.41, 5.74) is 6.18. The molecular formula is C11H14N2OS3. The van der Waals surface area contributed by atoms with E-state index >= 15 is 0 Å². The SMILES string of the molecule is C=CCN=C=S.Nc1ccc(OC(S)S)cc1. The van der Waals surface area contributed by atoms with Gasteiger partial charge in [-0.1, -0.05) is 6.08 Å². The van der Waals surface area contributed by atoms with Gasteiger partial charge in [0, 0.05) is 5.69 Å². The monoisotopic (exact) mass is 286 g/mol. The molecule has 1 aromatic rings. The summed E-state index contributed by atoms with van der Waals surface area (Å²) in [6.45, 7) is 4.00. The average molecular weight is 286 g/mol. The van der Waals surface area contributed by atoms with Crippen molar-refractivity contribution in [2.45, 2.75) is 4.77 Å². The molecule has 0 aliphatic carbocycles. The quantitative estimate of drug-likeness (QED) is 0.199. The molecule has 0 fully saturated rings. The van der Waals surface area contributed by atoms with Crippen molar-refractivity contribution < 1.29 is 4.74 Å². The van der Waals surface area contributed by atoms with E-state index in [0.717, 1.165) is 0 Å². The Hall–Kier alpha value is -0.940. The number of hydrogen-bond donors (Lipinski definition) is 3. The molecule has 0 saturated heterocycles. The summed E-state index contributed by atoms with van der Waals surface area (Å²) in [7, 11) is 0. The zero-order chi connectivity index (χ0) is 13.1. The summed E-state index contributed by atoms with van der Waals surface area (Å²) in [6, 6.07) is 7.07. The van der Waals surface area contributed by atoms with Gasteiger partial charge in [0.1, 0.15) is 5.75 Å². The number of ether oxygens (including phenoxy) is 1. The number of nitrogens with zero attached hydrogens (tertiary/aromatic N) is 1. The summed E-state index contributed by atoms with van der Waals surface area (Å²) in [6.07, 6.45) is 1.67. The van der Waals surface area contributed by atoms with Crippen LogP contribution >= 0.6 is 37.5 Å². The van der Waals surface area contributed by atoms with E-state index in [4.69, 9.17) is 10.5 Å². The second-order valence-electron chi connectivity index (χ2n) is 2.73. The van der Waals surface area contributed by atoms with Crippen molar-refractivity contribution in [1.29, 1.82) is 0 Å². The molecule has 0 amide bonds. The molecule has 3 nitrogen and oxygen atoms in total. The van der Waals surface area contributed by atoms with Crippen molar-refractivity contribution in [3.05, 3.63) is 36.9 Å². The number of nitrogens with two attached hydrogens (primary N) is 1. The fourth-order valence-corrected chi connectivity index (χ4v) is 1.09. The lowest BCUT2D eigenvalue weighted by molar-refractivity contribution is 0.369. The van der Waals surface area contributed by atoms with E-state index in [-0.39, 0.29) is 0 Å². The van der Waals surface area contributed by atoms with Gasteiger partial charge in [-0.2, -0.15) is 0 Å². The first-order chi connectivity index (χ1) is 8.10. The Bertz CT molecular complexity index is 373. The molecule has 1 rings (SSSR count). The highest BCUT2D eigenvalue weighted by molar-refractivity contribution is 7.98. The lowest BCUT2D eigenvalue weighted by atomic mass is 10.3. The molecule has 92 valence electrons. The van der Waals surface area contributed by atoms with Crippen molar-refractivity contribution >= 4 is 48.3 Å². The molecule has 0 atom stereocenters. The fourth-order valence-electron chi connectivity index (χ4n) is 0.770. The normalized spacial score (nSPS) is 8.65. The number of benzene rings is 1. The van der Waals surface area contributed by atoms with Crippen LogP contribution in [0.3, 0.4) is 0 Å². The molecular weight excluding hydrogens is 272 g/mol. The van der Waals surface area contributed by atoms with Crippen molar-refractivity contribution in [1.82, 2.24) is 0 Å². The third-order valence-electron chi connectivity index (χ3n) is 1.41. The van der Waals surface area contributed by atoms with Crippen LogP contribution in [0.5, 0.6) is 5.75 Å². The average Bonchev–Trinajstić information content (AvgIpc) is 2.30. The summed E-state index contributed by atoms with van der Waals surface area (Å²) in [5, 5.41) is 2.21. The van der Waals surface area contributed by atoms with Crippen molar-refractivity contribution in [3.63, 3.8) is 0 Å². The third kappa shape index (κ3) is 9.96. The lowest BCUT2D eigenvalue weighted by Crippen LogP contribution is -1.99. The summed E-state index contributed by atoms with van der Waals surface area (Å²) in [4.78, 5) is 3.54. The second-order valence-corrected chi connectivity index (χ2v) is 4.26. The molecule has 0 saturated carbocycles. The number of rotatable bonds is 4. The van der Waals surface area contributed by atoms with E-state index in [9.17, 15) is 0 Å². The van der Waals surface area contributed by atoms with Crippen LogP contribution in [-0.2, 0) is 0 Å². The molecule has 0 bridgehead atoms. The zero-order valence-electron chi connectivity index (χ0n) is 9.11. The van der Waals surface area contributed by atoms with Gasteiger partial charge in [-0.25, -0.2) is 4.99 Å². The summed E-state index contributed by atoms with van der Waals surface area (Å²) >= 11 is 12.1.